The zero-order chi connectivity index (χ0) is 25.6. The van der Waals surface area contributed by atoms with Gasteiger partial charge in [-0.1, -0.05) is 33.4 Å². The van der Waals surface area contributed by atoms with E-state index in [1.165, 1.54) is 33.4 Å². The third-order valence-electron chi connectivity index (χ3n) is 7.57. The third-order valence-corrected chi connectivity index (χ3v) is 7.57. The van der Waals surface area contributed by atoms with Crippen molar-refractivity contribution in [3.63, 3.8) is 0 Å². The summed E-state index contributed by atoms with van der Waals surface area (Å²) in [6.45, 7) is 16.0. The van der Waals surface area contributed by atoms with Crippen molar-refractivity contribution < 1.29 is 20.4 Å². The minimum atomic E-state index is 0. The van der Waals surface area contributed by atoms with Crippen molar-refractivity contribution in [2.45, 2.75) is 74.1 Å². The van der Waals surface area contributed by atoms with Crippen molar-refractivity contribution in [3.05, 3.63) is 97.7 Å². The molecule has 0 saturated carbocycles. The minimum absolute atomic E-state index is 0. The molecule has 0 atom stereocenters. The van der Waals surface area contributed by atoms with E-state index in [1.807, 2.05) is 5.01 Å². The van der Waals surface area contributed by atoms with E-state index in [1.54, 1.807) is 0 Å². The van der Waals surface area contributed by atoms with Crippen molar-refractivity contribution in [1.82, 2.24) is 5.01 Å². The molecule has 0 aromatic carbocycles. The van der Waals surface area contributed by atoms with E-state index in [0.717, 1.165) is 77.8 Å². The molecule has 0 amide bonds. The second-order valence-electron chi connectivity index (χ2n) is 9.51. The van der Waals surface area contributed by atoms with Crippen molar-refractivity contribution in [2.24, 2.45) is 15.0 Å². The first kappa shape index (κ1) is 27.2. The fourth-order valence-corrected chi connectivity index (χ4v) is 5.61. The molecule has 37 heavy (non-hydrogen) atoms. The Kier molecular flexibility index (Phi) is 8.02. The van der Waals surface area contributed by atoms with Crippen molar-refractivity contribution in [3.8, 4) is 0 Å². The smallest absolute Gasteiger partial charge is 0.617 e. The molecule has 5 aliphatic rings. The van der Waals surface area contributed by atoms with Crippen molar-refractivity contribution in [2.75, 3.05) is 6.54 Å². The van der Waals surface area contributed by atoms with Crippen LogP contribution in [0.4, 0.5) is 0 Å². The fraction of sp³-hybridized carbons (Fsp3) is 0.387. The first-order valence-corrected chi connectivity index (χ1v) is 13.3. The maximum absolute atomic E-state index is 5.16. The normalized spacial score (nSPS) is 20.7. The molecule has 0 fully saturated rings. The van der Waals surface area contributed by atoms with Gasteiger partial charge in [-0.15, -0.1) is 12.2 Å². The Morgan fingerprint density at radius 3 is 1.84 bits per heavy atom. The van der Waals surface area contributed by atoms with Crippen LogP contribution in [0, 0.1) is 6.08 Å². The van der Waals surface area contributed by atoms with Gasteiger partial charge in [0.15, 0.2) is 0 Å². The maximum atomic E-state index is 5.16. The van der Waals surface area contributed by atoms with E-state index in [2.05, 4.69) is 78.8 Å². The van der Waals surface area contributed by atoms with Gasteiger partial charge >= 0.3 is 20.4 Å². The van der Waals surface area contributed by atoms with Crippen LogP contribution in [0.1, 0.15) is 74.1 Å². The summed E-state index contributed by atoms with van der Waals surface area (Å²) in [4.78, 5) is 15.3. The molecule has 0 aromatic rings. The Hall–Kier alpha value is -2.81. The zero-order valence-corrected chi connectivity index (χ0v) is 24.5. The SMILES string of the molecule is CCC1=C(C)C2=NC1=CC1=NC(=CC3=NC(=CC4=[C-]C(=C2)[N-]N4CC)C(C)=C3CC)C(CC)=C1CC.[Pd+2]. The molecule has 5 nitrogen and oxygen atoms in total. The average Bonchev–Trinajstić information content (AvgIpc) is 3.57. The average molecular weight is 584 g/mol. The van der Waals surface area contributed by atoms with Gasteiger partial charge in [-0.05, 0) is 98.6 Å². The van der Waals surface area contributed by atoms with Crippen LogP contribution >= 0.6 is 0 Å². The largest absolute Gasteiger partial charge is 2.00 e. The van der Waals surface area contributed by atoms with E-state index >= 15 is 0 Å². The van der Waals surface area contributed by atoms with Crippen LogP contribution in [0.15, 0.2) is 101 Å². The zero-order valence-electron chi connectivity index (χ0n) is 22.9. The van der Waals surface area contributed by atoms with Gasteiger partial charge in [0, 0.05) is 11.4 Å². The Morgan fingerprint density at radius 2 is 1.22 bits per heavy atom. The first-order valence-electron chi connectivity index (χ1n) is 13.3. The Morgan fingerprint density at radius 1 is 0.649 bits per heavy atom. The molecule has 0 aliphatic carbocycles. The molecule has 5 rings (SSSR count). The number of aliphatic imine (C=N–C) groups is 3. The van der Waals surface area contributed by atoms with Crippen LogP contribution in [-0.4, -0.2) is 28.7 Å². The summed E-state index contributed by atoms with van der Waals surface area (Å²) in [7, 11) is 0. The molecule has 5 heterocycles. The van der Waals surface area contributed by atoms with Gasteiger partial charge in [0.25, 0.3) is 0 Å². The predicted octanol–water partition coefficient (Wildman–Crippen LogP) is 7.78. The third kappa shape index (κ3) is 4.67. The quantitative estimate of drug-likeness (QED) is 0.241. The molecule has 6 heteroatoms. The molecule has 0 N–H and O–H groups in total. The van der Waals surface area contributed by atoms with E-state index in [9.17, 15) is 0 Å². The first-order chi connectivity index (χ1) is 17.4. The predicted molar refractivity (Wildman–Crippen MR) is 151 cm³/mol. The number of fused-ring (bicyclic) bond motifs is 4. The maximum Gasteiger partial charge on any atom is 2.00 e. The number of hydrogen-bond donors (Lipinski definition) is 0. The van der Waals surface area contributed by atoms with Gasteiger partial charge in [-0.3, -0.25) is 9.98 Å². The molecular weight excluding hydrogens is 549 g/mol. The second kappa shape index (κ2) is 10.9. The topological polar surface area (TPSA) is 54.4 Å². The molecule has 0 saturated heterocycles. The summed E-state index contributed by atoms with van der Waals surface area (Å²) in [6, 6.07) is 0. The van der Waals surface area contributed by atoms with Crippen LogP contribution in [0.5, 0.6) is 0 Å². The Balaban J connectivity index is 0.00000320. The van der Waals surface area contributed by atoms with Gasteiger partial charge in [0.2, 0.25) is 0 Å². The van der Waals surface area contributed by atoms with Crippen molar-refractivity contribution in [1.29, 1.82) is 0 Å². The summed E-state index contributed by atoms with van der Waals surface area (Å²) in [5.41, 5.74) is 20.2. The molecule has 5 aliphatic heterocycles. The molecule has 0 radical (unpaired) electrons. The monoisotopic (exact) mass is 583 g/mol. The Bertz CT molecular complexity index is 1380. The van der Waals surface area contributed by atoms with Crippen LogP contribution in [0.25, 0.3) is 5.43 Å². The van der Waals surface area contributed by atoms with Gasteiger partial charge in [0.05, 0.1) is 22.8 Å². The molecule has 0 aromatic heterocycles. The molecule has 0 unspecified atom stereocenters. The Labute approximate surface area is 235 Å². The molecule has 8 bridgehead atoms. The van der Waals surface area contributed by atoms with E-state index in [-0.39, 0.29) is 20.4 Å². The minimum Gasteiger partial charge on any atom is -0.617 e. The van der Waals surface area contributed by atoms with Crippen LogP contribution < -0.4 is 0 Å². The summed E-state index contributed by atoms with van der Waals surface area (Å²) < 4.78 is 0. The van der Waals surface area contributed by atoms with Crippen LogP contribution in [-0.2, 0) is 20.4 Å². The van der Waals surface area contributed by atoms with Gasteiger partial charge in [0.1, 0.15) is 0 Å². The summed E-state index contributed by atoms with van der Waals surface area (Å²) >= 11 is 0. The number of likely N-dealkylation sites (N-methyl/N-ethyl adjacent to an activating group) is 1. The second-order valence-corrected chi connectivity index (χ2v) is 9.51. The number of hydrogen-bond acceptors (Lipinski definition) is 4. The standard InChI is InChI=1S/C31H35N5.Pd/c1-8-22-18(6)26-14-20-13-21(36(12-5)35-20)15-27-19(7)23(9-2)29(33-27)17-31-25(11-4)24(10-3)30(34-31)16-28(22)32-26;/h14-17H,8-12H2,1-7H3;/q-2;+2. The fourth-order valence-electron chi connectivity index (χ4n) is 5.61. The van der Waals surface area contributed by atoms with E-state index < -0.39 is 0 Å². The van der Waals surface area contributed by atoms with E-state index in [0.29, 0.717) is 0 Å². The van der Waals surface area contributed by atoms with Gasteiger partial charge < -0.3 is 10.4 Å². The summed E-state index contributed by atoms with van der Waals surface area (Å²) in [5, 5.41) is 1.99. The summed E-state index contributed by atoms with van der Waals surface area (Å²) in [5.74, 6) is 0. The van der Waals surface area contributed by atoms with Crippen LogP contribution in [0.2, 0.25) is 0 Å². The number of rotatable bonds is 5. The molecular formula is C31H35N5Pd. The molecule has 194 valence electrons. The van der Waals surface area contributed by atoms with Gasteiger partial charge in [-0.25, -0.2) is 10.7 Å². The van der Waals surface area contributed by atoms with Gasteiger partial charge in [-0.2, -0.15) is 6.08 Å². The van der Waals surface area contributed by atoms with Crippen molar-refractivity contribution >= 4 is 17.1 Å². The number of nitrogens with zero attached hydrogens (tertiary/aromatic N) is 5. The summed E-state index contributed by atoms with van der Waals surface area (Å²) in [6.07, 6.45) is 15.8. The molecule has 0 spiro atoms. The van der Waals surface area contributed by atoms with Crippen LogP contribution in [0.3, 0.4) is 0 Å². The van der Waals surface area contributed by atoms with E-state index in [4.69, 9.17) is 20.4 Å². The number of allylic oxidation sites excluding steroid dienone is 11.